The highest BCUT2D eigenvalue weighted by Crippen LogP contribution is 2.27. The highest BCUT2D eigenvalue weighted by atomic mass is 35.5. The Kier molecular flexibility index (Phi) is 4.64. The number of nitrogens with zero attached hydrogens (tertiary/aromatic N) is 2. The van der Waals surface area contributed by atoms with Crippen molar-refractivity contribution < 1.29 is 13.9 Å². The van der Waals surface area contributed by atoms with Gasteiger partial charge in [0.1, 0.15) is 11.9 Å². The molecule has 0 fully saturated rings. The summed E-state index contributed by atoms with van der Waals surface area (Å²) in [5, 5.41) is 2.66. The number of ether oxygens (including phenoxy) is 1. The number of nitrogens with two attached hydrogens (primary N) is 1. The summed E-state index contributed by atoms with van der Waals surface area (Å²) in [6, 6.07) is 1.97. The topological polar surface area (TPSA) is 82.2 Å². The number of halogens is 2. The Morgan fingerprint density at radius 2 is 2.33 bits per heavy atom. The molecule has 2 rings (SSSR count). The Labute approximate surface area is 126 Å². The summed E-state index contributed by atoms with van der Waals surface area (Å²) in [5.41, 5.74) is 6.69. The molecule has 0 spiro atoms. The van der Waals surface area contributed by atoms with Gasteiger partial charge < -0.3 is 15.8 Å². The second kappa shape index (κ2) is 6.28. The van der Waals surface area contributed by atoms with E-state index in [1.54, 1.807) is 14.0 Å². The summed E-state index contributed by atoms with van der Waals surface area (Å²) in [4.78, 5) is 16.2. The van der Waals surface area contributed by atoms with Crippen molar-refractivity contribution in [3.05, 3.63) is 23.0 Å². The van der Waals surface area contributed by atoms with Crippen LogP contribution in [0, 0.1) is 5.82 Å². The third-order valence-electron chi connectivity index (χ3n) is 3.13. The second-order valence-electron chi connectivity index (χ2n) is 4.55. The predicted molar refractivity (Wildman–Crippen MR) is 78.7 cm³/mol. The van der Waals surface area contributed by atoms with Crippen LogP contribution < -0.4 is 11.1 Å². The van der Waals surface area contributed by atoms with Gasteiger partial charge >= 0.3 is 0 Å². The smallest absolute Gasteiger partial charge is 0.242 e. The van der Waals surface area contributed by atoms with Crippen molar-refractivity contribution in [3.8, 4) is 0 Å². The molecule has 3 N–H and O–H groups in total. The van der Waals surface area contributed by atoms with Crippen LogP contribution in [0.5, 0.6) is 0 Å². The van der Waals surface area contributed by atoms with Crippen molar-refractivity contribution in [1.29, 1.82) is 0 Å². The van der Waals surface area contributed by atoms with Crippen LogP contribution in [0.2, 0.25) is 5.02 Å². The van der Waals surface area contributed by atoms with Gasteiger partial charge in [0.2, 0.25) is 11.9 Å². The number of hydrogen-bond acceptors (Lipinski definition) is 4. The number of hydrogen-bond donors (Lipinski definition) is 2. The molecule has 0 aliphatic rings. The normalized spacial score (nSPS) is 12.6. The maximum atomic E-state index is 13.6. The van der Waals surface area contributed by atoms with E-state index >= 15 is 0 Å². The van der Waals surface area contributed by atoms with Gasteiger partial charge in [-0.1, -0.05) is 11.6 Å². The predicted octanol–water partition coefficient (Wildman–Crippen LogP) is 1.73. The number of fused-ring (bicyclic) bond motifs is 1. The molecule has 1 amide bonds. The Hall–Kier alpha value is -1.86. The van der Waals surface area contributed by atoms with Gasteiger partial charge in [-0.25, -0.2) is 9.37 Å². The molecule has 0 aliphatic heterocycles. The molecule has 0 radical (unpaired) electrons. The molecular formula is C13H16ClFN4O2. The number of imidazole rings is 1. The summed E-state index contributed by atoms with van der Waals surface area (Å²) < 4.78 is 20.0. The van der Waals surface area contributed by atoms with E-state index in [0.29, 0.717) is 24.2 Å². The number of amides is 1. The van der Waals surface area contributed by atoms with Gasteiger partial charge in [-0.3, -0.25) is 9.36 Å². The lowest BCUT2D eigenvalue weighted by atomic mass is 10.2. The molecule has 0 saturated carbocycles. The van der Waals surface area contributed by atoms with Crippen LogP contribution in [0.4, 0.5) is 10.3 Å². The van der Waals surface area contributed by atoms with Crippen molar-refractivity contribution in [3.63, 3.8) is 0 Å². The van der Waals surface area contributed by atoms with Crippen LogP contribution in [0.1, 0.15) is 13.0 Å². The zero-order chi connectivity index (χ0) is 15.6. The lowest BCUT2D eigenvalue weighted by Crippen LogP contribution is -2.33. The van der Waals surface area contributed by atoms with E-state index in [9.17, 15) is 9.18 Å². The largest absolute Gasteiger partial charge is 0.383 e. The quantitative estimate of drug-likeness (QED) is 0.824. The Bertz CT molecular complexity index is 674. The highest BCUT2D eigenvalue weighted by Gasteiger charge is 2.21. The summed E-state index contributed by atoms with van der Waals surface area (Å²) in [6.45, 7) is 2.45. The number of methoxy groups -OCH3 is 1. The van der Waals surface area contributed by atoms with Crippen LogP contribution in [0.3, 0.4) is 0 Å². The fraction of sp³-hybridized carbons (Fsp3) is 0.385. The van der Waals surface area contributed by atoms with Crippen LogP contribution >= 0.6 is 11.6 Å². The minimum atomic E-state index is -0.632. The number of aromatic nitrogens is 2. The van der Waals surface area contributed by atoms with Gasteiger partial charge in [-0.15, -0.1) is 0 Å². The molecule has 0 aliphatic carbocycles. The number of benzene rings is 1. The standard InChI is InChI=1S/C13H16ClFN4O2/c1-7(12(20)17-3-4-21-2)19-11-6-9(15)8(14)5-10(11)18-13(19)16/h5-7H,3-4H2,1-2H3,(H2,16,18)(H,17,20). The monoisotopic (exact) mass is 314 g/mol. The van der Waals surface area contributed by atoms with Crippen LogP contribution in [-0.4, -0.2) is 35.7 Å². The minimum Gasteiger partial charge on any atom is -0.383 e. The molecule has 21 heavy (non-hydrogen) atoms. The number of anilines is 1. The first-order valence-corrected chi connectivity index (χ1v) is 6.72. The number of carbonyl (C=O) groups excluding carboxylic acids is 1. The van der Waals surface area contributed by atoms with E-state index in [-0.39, 0.29) is 16.9 Å². The molecule has 1 aromatic carbocycles. The molecule has 1 aromatic heterocycles. The van der Waals surface area contributed by atoms with Gasteiger partial charge in [-0.05, 0) is 13.0 Å². The van der Waals surface area contributed by atoms with Crippen molar-refractivity contribution >= 4 is 34.5 Å². The van der Waals surface area contributed by atoms with E-state index in [1.807, 2.05) is 0 Å². The van der Waals surface area contributed by atoms with Crippen molar-refractivity contribution in [2.75, 3.05) is 26.0 Å². The zero-order valence-corrected chi connectivity index (χ0v) is 12.4. The molecule has 1 atom stereocenters. The lowest BCUT2D eigenvalue weighted by Gasteiger charge is -2.16. The maximum Gasteiger partial charge on any atom is 0.242 e. The second-order valence-corrected chi connectivity index (χ2v) is 4.96. The first-order valence-electron chi connectivity index (χ1n) is 6.34. The van der Waals surface area contributed by atoms with E-state index in [0.717, 1.165) is 0 Å². The van der Waals surface area contributed by atoms with Gasteiger partial charge in [0.05, 0.1) is 22.7 Å². The average Bonchev–Trinajstić information content (AvgIpc) is 2.74. The fourth-order valence-corrected chi connectivity index (χ4v) is 2.22. The molecule has 1 unspecified atom stereocenters. The first-order chi connectivity index (χ1) is 9.95. The third kappa shape index (κ3) is 3.08. The van der Waals surface area contributed by atoms with Gasteiger partial charge in [-0.2, -0.15) is 0 Å². The molecule has 0 saturated heterocycles. The van der Waals surface area contributed by atoms with Gasteiger partial charge in [0.15, 0.2) is 0 Å². The molecule has 114 valence electrons. The van der Waals surface area contributed by atoms with E-state index in [4.69, 9.17) is 22.1 Å². The van der Waals surface area contributed by atoms with Gasteiger partial charge in [0.25, 0.3) is 0 Å². The summed E-state index contributed by atoms with van der Waals surface area (Å²) in [7, 11) is 1.55. The average molecular weight is 315 g/mol. The van der Waals surface area contributed by atoms with Crippen molar-refractivity contribution in [2.45, 2.75) is 13.0 Å². The van der Waals surface area contributed by atoms with E-state index in [1.165, 1.54) is 16.7 Å². The third-order valence-corrected chi connectivity index (χ3v) is 3.42. The zero-order valence-electron chi connectivity index (χ0n) is 11.7. The fourth-order valence-electron chi connectivity index (χ4n) is 2.06. The summed E-state index contributed by atoms with van der Waals surface area (Å²) >= 11 is 5.72. The molecule has 6 nitrogen and oxygen atoms in total. The molecule has 1 heterocycles. The summed E-state index contributed by atoms with van der Waals surface area (Å²) in [5.74, 6) is -0.716. The number of carbonyl (C=O) groups is 1. The van der Waals surface area contributed by atoms with Crippen LogP contribution in [-0.2, 0) is 9.53 Å². The molecular weight excluding hydrogens is 299 g/mol. The van der Waals surface area contributed by atoms with E-state index < -0.39 is 11.9 Å². The Morgan fingerprint density at radius 1 is 1.62 bits per heavy atom. The van der Waals surface area contributed by atoms with Gasteiger partial charge in [0, 0.05) is 19.7 Å². The van der Waals surface area contributed by atoms with Crippen molar-refractivity contribution in [1.82, 2.24) is 14.9 Å². The number of nitrogens with one attached hydrogen (secondary N) is 1. The molecule has 2 aromatic rings. The lowest BCUT2D eigenvalue weighted by molar-refractivity contribution is -0.123. The van der Waals surface area contributed by atoms with Crippen LogP contribution in [0.25, 0.3) is 11.0 Å². The maximum absolute atomic E-state index is 13.6. The Balaban J connectivity index is 2.34. The van der Waals surface area contributed by atoms with E-state index in [2.05, 4.69) is 10.3 Å². The number of nitrogen functional groups attached to an aromatic ring is 1. The highest BCUT2D eigenvalue weighted by molar-refractivity contribution is 6.31. The SMILES string of the molecule is COCCNC(=O)C(C)n1c(N)nc2cc(Cl)c(F)cc21. The number of rotatable bonds is 5. The minimum absolute atomic E-state index is 0.0376. The first kappa shape index (κ1) is 15.5. The van der Waals surface area contributed by atoms with Crippen LogP contribution in [0.15, 0.2) is 12.1 Å². The summed E-state index contributed by atoms with van der Waals surface area (Å²) in [6.07, 6.45) is 0. The van der Waals surface area contributed by atoms with Crippen molar-refractivity contribution in [2.24, 2.45) is 0 Å². The molecule has 8 heteroatoms. The molecule has 0 bridgehead atoms. The Morgan fingerprint density at radius 3 is 3.00 bits per heavy atom.